The smallest absolute Gasteiger partial charge is 0.305 e. The zero-order chi connectivity index (χ0) is 14.8. The number of hydrogen-bond acceptors (Lipinski definition) is 3. The molecule has 112 valence electrons. The van der Waals surface area contributed by atoms with Crippen LogP contribution in [0, 0.1) is 0 Å². The summed E-state index contributed by atoms with van der Waals surface area (Å²) in [6.07, 6.45) is 3.62. The van der Waals surface area contributed by atoms with Gasteiger partial charge < -0.3 is 15.5 Å². The second-order valence-corrected chi connectivity index (χ2v) is 5.07. The summed E-state index contributed by atoms with van der Waals surface area (Å²) in [5.74, 6) is -0.897. The van der Waals surface area contributed by atoms with Crippen LogP contribution in [0.2, 0.25) is 0 Å². The van der Waals surface area contributed by atoms with Crippen LogP contribution in [0.4, 0.5) is 0 Å². The Kier molecular flexibility index (Phi) is 7.92. The summed E-state index contributed by atoms with van der Waals surface area (Å²) in [6, 6.07) is 8.75. The van der Waals surface area contributed by atoms with Crippen LogP contribution in [-0.4, -0.2) is 28.8 Å². The average molecular weight is 279 g/mol. The fraction of sp³-hybridized carbons (Fsp3) is 0.562. The Morgan fingerprint density at radius 2 is 1.90 bits per heavy atom. The molecule has 0 heterocycles. The first-order valence-electron chi connectivity index (χ1n) is 7.33. The van der Waals surface area contributed by atoms with Gasteiger partial charge in [-0.25, -0.2) is 0 Å². The van der Waals surface area contributed by atoms with Crippen molar-refractivity contribution in [2.75, 3.05) is 6.54 Å². The highest BCUT2D eigenvalue weighted by molar-refractivity contribution is 5.67. The molecule has 0 saturated carbocycles. The van der Waals surface area contributed by atoms with Crippen molar-refractivity contribution in [3.8, 4) is 0 Å². The molecule has 0 saturated heterocycles. The molecule has 2 unspecified atom stereocenters. The summed E-state index contributed by atoms with van der Waals surface area (Å²) in [4.78, 5) is 10.9. The molecule has 0 fully saturated rings. The highest BCUT2D eigenvalue weighted by Gasteiger charge is 2.22. The van der Waals surface area contributed by atoms with Crippen molar-refractivity contribution in [3.63, 3.8) is 0 Å². The average Bonchev–Trinajstić information content (AvgIpc) is 2.45. The normalized spacial score (nSPS) is 13.9. The first-order chi connectivity index (χ1) is 9.65. The lowest BCUT2D eigenvalue weighted by molar-refractivity contribution is -0.138. The maximum Gasteiger partial charge on any atom is 0.305 e. The molecule has 3 N–H and O–H groups in total. The van der Waals surface area contributed by atoms with Gasteiger partial charge in [-0.3, -0.25) is 4.79 Å². The van der Waals surface area contributed by atoms with Gasteiger partial charge in [0.05, 0.1) is 12.5 Å². The van der Waals surface area contributed by atoms with Gasteiger partial charge in [-0.05, 0) is 18.5 Å². The fourth-order valence-corrected chi connectivity index (χ4v) is 2.21. The van der Waals surface area contributed by atoms with Gasteiger partial charge in [0.1, 0.15) is 0 Å². The predicted molar refractivity (Wildman–Crippen MR) is 79.6 cm³/mol. The number of unbranched alkanes of at least 4 members (excludes halogenated alkanes) is 3. The molecule has 0 aromatic heterocycles. The number of carbonyl (C=O) groups is 1. The van der Waals surface area contributed by atoms with Crippen molar-refractivity contribution in [1.82, 2.24) is 5.32 Å². The van der Waals surface area contributed by atoms with Gasteiger partial charge in [-0.1, -0.05) is 56.5 Å². The van der Waals surface area contributed by atoms with E-state index in [4.69, 9.17) is 5.11 Å². The van der Waals surface area contributed by atoms with E-state index >= 15 is 0 Å². The molecule has 1 aromatic rings. The summed E-state index contributed by atoms with van der Waals surface area (Å²) in [5, 5.41) is 22.5. The van der Waals surface area contributed by atoms with E-state index in [2.05, 4.69) is 12.2 Å². The van der Waals surface area contributed by atoms with Gasteiger partial charge in [0.25, 0.3) is 0 Å². The quantitative estimate of drug-likeness (QED) is 0.576. The maximum absolute atomic E-state index is 10.9. The number of aliphatic hydroxyl groups is 1. The molecule has 1 rings (SSSR count). The third-order valence-electron chi connectivity index (χ3n) is 3.35. The molecule has 0 bridgehead atoms. The van der Waals surface area contributed by atoms with E-state index in [1.807, 2.05) is 30.3 Å². The van der Waals surface area contributed by atoms with Crippen molar-refractivity contribution in [2.24, 2.45) is 0 Å². The van der Waals surface area contributed by atoms with Crippen molar-refractivity contribution >= 4 is 5.97 Å². The molecule has 4 nitrogen and oxygen atoms in total. The van der Waals surface area contributed by atoms with Crippen molar-refractivity contribution < 1.29 is 15.0 Å². The van der Waals surface area contributed by atoms with Gasteiger partial charge >= 0.3 is 5.97 Å². The van der Waals surface area contributed by atoms with Crippen molar-refractivity contribution in [1.29, 1.82) is 0 Å². The van der Waals surface area contributed by atoms with E-state index in [0.29, 0.717) is 0 Å². The molecule has 0 aliphatic heterocycles. The molecule has 0 amide bonds. The molecule has 1 aromatic carbocycles. The molecular weight excluding hydrogens is 254 g/mol. The Morgan fingerprint density at radius 3 is 2.50 bits per heavy atom. The van der Waals surface area contributed by atoms with Crippen LogP contribution in [0.15, 0.2) is 30.3 Å². The van der Waals surface area contributed by atoms with Crippen LogP contribution in [0.1, 0.15) is 50.7 Å². The number of carboxylic acid groups (broad SMARTS) is 1. The summed E-state index contributed by atoms with van der Waals surface area (Å²) >= 11 is 0. The zero-order valence-electron chi connectivity index (χ0n) is 12.1. The van der Waals surface area contributed by atoms with Crippen LogP contribution in [-0.2, 0) is 4.79 Å². The minimum Gasteiger partial charge on any atom is -0.481 e. The third kappa shape index (κ3) is 6.17. The lowest BCUT2D eigenvalue weighted by Crippen LogP contribution is -2.37. The van der Waals surface area contributed by atoms with E-state index in [9.17, 15) is 9.90 Å². The van der Waals surface area contributed by atoms with Crippen molar-refractivity contribution in [2.45, 2.75) is 51.2 Å². The van der Waals surface area contributed by atoms with Crippen LogP contribution >= 0.6 is 0 Å². The molecule has 20 heavy (non-hydrogen) atoms. The number of aliphatic hydroxyl groups excluding tert-OH is 1. The number of benzene rings is 1. The van der Waals surface area contributed by atoms with Gasteiger partial charge in [0.2, 0.25) is 0 Å². The van der Waals surface area contributed by atoms with E-state index in [1.165, 1.54) is 12.8 Å². The molecule has 4 heteroatoms. The Labute approximate surface area is 120 Å². The first-order valence-corrected chi connectivity index (χ1v) is 7.33. The van der Waals surface area contributed by atoms with E-state index in [-0.39, 0.29) is 6.42 Å². The van der Waals surface area contributed by atoms with Crippen LogP contribution in [0.5, 0.6) is 0 Å². The maximum atomic E-state index is 10.9. The monoisotopic (exact) mass is 279 g/mol. The van der Waals surface area contributed by atoms with E-state index < -0.39 is 18.1 Å². The third-order valence-corrected chi connectivity index (χ3v) is 3.35. The largest absolute Gasteiger partial charge is 0.481 e. The second-order valence-electron chi connectivity index (χ2n) is 5.07. The van der Waals surface area contributed by atoms with E-state index in [0.717, 1.165) is 24.9 Å². The summed E-state index contributed by atoms with van der Waals surface area (Å²) < 4.78 is 0. The number of hydrogen-bond donors (Lipinski definition) is 3. The molecule has 0 radical (unpaired) electrons. The highest BCUT2D eigenvalue weighted by Crippen LogP contribution is 2.18. The minimum atomic E-state index is -0.897. The number of carboxylic acids is 1. The van der Waals surface area contributed by atoms with Gasteiger partial charge in [-0.2, -0.15) is 0 Å². The Balaban J connectivity index is 2.52. The standard InChI is InChI=1S/C16H25NO3/c1-2-3-4-8-11-17-14(12-15(18)19)16(20)13-9-6-5-7-10-13/h5-7,9-10,14,16-17,20H,2-4,8,11-12H2,1H3,(H,18,19). The van der Waals surface area contributed by atoms with Crippen LogP contribution < -0.4 is 5.32 Å². The van der Waals surface area contributed by atoms with Gasteiger partial charge in [0, 0.05) is 6.04 Å². The molecule has 0 aliphatic rings. The molecule has 0 spiro atoms. The number of nitrogens with one attached hydrogen (secondary N) is 1. The SMILES string of the molecule is CCCCCCNC(CC(=O)O)C(O)c1ccccc1. The first kappa shape index (κ1) is 16.7. The second kappa shape index (κ2) is 9.50. The van der Waals surface area contributed by atoms with E-state index in [1.54, 1.807) is 0 Å². The Bertz CT molecular complexity index is 381. The molecule has 2 atom stereocenters. The van der Waals surface area contributed by atoms with Gasteiger partial charge in [-0.15, -0.1) is 0 Å². The molecule has 0 aliphatic carbocycles. The summed E-state index contributed by atoms with van der Waals surface area (Å²) in [6.45, 7) is 2.89. The predicted octanol–water partition coefficient (Wildman–Crippen LogP) is 2.73. The lowest BCUT2D eigenvalue weighted by atomic mass is 9.99. The fourth-order valence-electron chi connectivity index (χ4n) is 2.21. The summed E-state index contributed by atoms with van der Waals surface area (Å²) in [5.41, 5.74) is 0.750. The summed E-state index contributed by atoms with van der Waals surface area (Å²) in [7, 11) is 0. The van der Waals surface area contributed by atoms with Crippen LogP contribution in [0.3, 0.4) is 0 Å². The number of rotatable bonds is 10. The number of aliphatic carboxylic acids is 1. The van der Waals surface area contributed by atoms with Crippen LogP contribution in [0.25, 0.3) is 0 Å². The minimum absolute atomic E-state index is 0.0795. The zero-order valence-corrected chi connectivity index (χ0v) is 12.1. The highest BCUT2D eigenvalue weighted by atomic mass is 16.4. The molecular formula is C16H25NO3. The van der Waals surface area contributed by atoms with Gasteiger partial charge in [0.15, 0.2) is 0 Å². The Morgan fingerprint density at radius 1 is 1.20 bits per heavy atom. The lowest BCUT2D eigenvalue weighted by Gasteiger charge is -2.23. The Hall–Kier alpha value is -1.39. The topological polar surface area (TPSA) is 69.6 Å². The van der Waals surface area contributed by atoms with Crippen molar-refractivity contribution in [3.05, 3.63) is 35.9 Å².